The number of likely N-dealkylation sites (tertiary alicyclic amines) is 1. The molecule has 106 valence electrons. The number of carboxylic acid groups (broad SMARTS) is 1. The minimum absolute atomic E-state index is 0.172. The van der Waals surface area contributed by atoms with Crippen molar-refractivity contribution < 1.29 is 24.3 Å². The van der Waals surface area contributed by atoms with E-state index in [0.29, 0.717) is 0 Å². The molecule has 8 nitrogen and oxygen atoms in total. The molecule has 19 heavy (non-hydrogen) atoms. The van der Waals surface area contributed by atoms with E-state index in [1.165, 1.54) is 21.0 Å². The predicted molar refractivity (Wildman–Crippen MR) is 64.2 cm³/mol. The summed E-state index contributed by atoms with van der Waals surface area (Å²) in [6, 6.07) is -2.45. The quantitative estimate of drug-likeness (QED) is 0.657. The van der Waals surface area contributed by atoms with Gasteiger partial charge < -0.3 is 15.3 Å². The van der Waals surface area contributed by atoms with E-state index in [1.54, 1.807) is 0 Å². The number of likely N-dealkylation sites (N-methyl/N-ethyl adjacent to an activating group) is 2. The van der Waals surface area contributed by atoms with Gasteiger partial charge in [-0.15, -0.1) is 0 Å². The summed E-state index contributed by atoms with van der Waals surface area (Å²) in [5.41, 5.74) is 0. The Morgan fingerprint density at radius 3 is 2.58 bits per heavy atom. The summed E-state index contributed by atoms with van der Waals surface area (Å²) in [5, 5.41) is 11.2. The second kappa shape index (κ2) is 5.68. The fraction of sp³-hybridized carbons (Fsp3) is 0.636. The number of nitrogens with zero attached hydrogens (tertiary/aromatic N) is 2. The first kappa shape index (κ1) is 14.9. The summed E-state index contributed by atoms with van der Waals surface area (Å²) in [7, 11) is 2.68. The van der Waals surface area contributed by atoms with Gasteiger partial charge in [0.25, 0.3) is 5.91 Å². The SMILES string of the molecule is CC(C(=O)O)N(C)C(=O)NC1CCC(=O)N(C)C1=O. The number of carboxylic acids is 1. The van der Waals surface area contributed by atoms with Crippen LogP contribution in [0.5, 0.6) is 0 Å². The Bertz CT molecular complexity index is 423. The molecule has 1 heterocycles. The molecule has 0 saturated carbocycles. The highest BCUT2D eigenvalue weighted by Gasteiger charge is 2.34. The monoisotopic (exact) mass is 271 g/mol. The maximum atomic E-state index is 11.8. The van der Waals surface area contributed by atoms with Crippen LogP contribution in [0.15, 0.2) is 0 Å². The maximum absolute atomic E-state index is 11.8. The zero-order valence-corrected chi connectivity index (χ0v) is 11.0. The Morgan fingerprint density at radius 1 is 1.47 bits per heavy atom. The number of carbonyl (C=O) groups is 4. The fourth-order valence-corrected chi connectivity index (χ4v) is 1.64. The van der Waals surface area contributed by atoms with Gasteiger partial charge in [0.1, 0.15) is 12.1 Å². The highest BCUT2D eigenvalue weighted by Crippen LogP contribution is 2.12. The summed E-state index contributed by atoms with van der Waals surface area (Å²) < 4.78 is 0. The number of hydrogen-bond donors (Lipinski definition) is 2. The molecule has 4 amide bonds. The number of piperidine rings is 1. The van der Waals surface area contributed by atoms with Gasteiger partial charge in [-0.2, -0.15) is 0 Å². The molecule has 2 atom stereocenters. The lowest BCUT2D eigenvalue weighted by molar-refractivity contribution is -0.147. The van der Waals surface area contributed by atoms with Gasteiger partial charge in [-0.3, -0.25) is 14.5 Å². The van der Waals surface area contributed by atoms with Crippen LogP contribution in [0.4, 0.5) is 4.79 Å². The Labute approximate surface area is 110 Å². The zero-order chi connectivity index (χ0) is 14.7. The van der Waals surface area contributed by atoms with Crippen LogP contribution in [-0.2, 0) is 14.4 Å². The number of aliphatic carboxylic acids is 1. The normalized spacial score (nSPS) is 21.0. The highest BCUT2D eigenvalue weighted by molar-refractivity contribution is 6.01. The number of rotatable bonds is 3. The van der Waals surface area contributed by atoms with Crippen LogP contribution in [0.3, 0.4) is 0 Å². The minimum atomic E-state index is -1.14. The van der Waals surface area contributed by atoms with Crippen molar-refractivity contribution in [3.8, 4) is 0 Å². The standard InChI is InChI=1S/C11H17N3O5/c1-6(10(17)18)13(2)11(19)12-7-4-5-8(15)14(3)9(7)16/h6-7H,4-5H2,1-3H3,(H,12,19)(H,17,18). The molecule has 0 bridgehead atoms. The Kier molecular flexibility index (Phi) is 4.47. The molecular formula is C11H17N3O5. The lowest BCUT2D eigenvalue weighted by Gasteiger charge is -2.30. The van der Waals surface area contributed by atoms with E-state index in [4.69, 9.17) is 5.11 Å². The van der Waals surface area contributed by atoms with Crippen molar-refractivity contribution in [1.29, 1.82) is 0 Å². The average Bonchev–Trinajstić information content (AvgIpc) is 2.37. The molecule has 1 aliphatic heterocycles. The van der Waals surface area contributed by atoms with Crippen molar-refractivity contribution >= 4 is 23.8 Å². The van der Waals surface area contributed by atoms with E-state index in [2.05, 4.69) is 5.32 Å². The molecule has 0 spiro atoms. The first-order chi connectivity index (χ1) is 8.75. The third-order valence-electron chi connectivity index (χ3n) is 3.21. The average molecular weight is 271 g/mol. The van der Waals surface area contributed by atoms with Gasteiger partial charge in [0.15, 0.2) is 0 Å². The lowest BCUT2D eigenvalue weighted by Crippen LogP contribution is -2.56. The Balaban J connectivity index is 2.65. The third kappa shape index (κ3) is 3.21. The molecule has 2 N–H and O–H groups in total. The molecule has 2 unspecified atom stereocenters. The predicted octanol–water partition coefficient (Wildman–Crippen LogP) is -0.752. The second-order valence-electron chi connectivity index (χ2n) is 4.46. The largest absolute Gasteiger partial charge is 0.480 e. The first-order valence-corrected chi connectivity index (χ1v) is 5.82. The molecule has 1 saturated heterocycles. The molecule has 0 radical (unpaired) electrons. The number of urea groups is 1. The molecule has 1 aliphatic rings. The van der Waals surface area contributed by atoms with Crippen molar-refractivity contribution in [2.24, 2.45) is 0 Å². The van der Waals surface area contributed by atoms with Crippen molar-refractivity contribution in [3.05, 3.63) is 0 Å². The van der Waals surface area contributed by atoms with Crippen molar-refractivity contribution in [2.45, 2.75) is 31.8 Å². The topological polar surface area (TPSA) is 107 Å². The van der Waals surface area contributed by atoms with Gasteiger partial charge in [0, 0.05) is 20.5 Å². The number of amides is 4. The van der Waals surface area contributed by atoms with E-state index in [9.17, 15) is 19.2 Å². The van der Waals surface area contributed by atoms with Gasteiger partial charge in [-0.05, 0) is 13.3 Å². The smallest absolute Gasteiger partial charge is 0.326 e. The lowest BCUT2D eigenvalue weighted by atomic mass is 10.1. The van der Waals surface area contributed by atoms with Crippen LogP contribution in [0.25, 0.3) is 0 Å². The highest BCUT2D eigenvalue weighted by atomic mass is 16.4. The third-order valence-corrected chi connectivity index (χ3v) is 3.21. The van der Waals surface area contributed by atoms with Crippen LogP contribution >= 0.6 is 0 Å². The van der Waals surface area contributed by atoms with Crippen LogP contribution in [0.2, 0.25) is 0 Å². The fourth-order valence-electron chi connectivity index (χ4n) is 1.64. The van der Waals surface area contributed by atoms with E-state index in [0.717, 1.165) is 9.80 Å². The summed E-state index contributed by atoms with van der Waals surface area (Å²) in [4.78, 5) is 47.5. The first-order valence-electron chi connectivity index (χ1n) is 5.82. The van der Waals surface area contributed by atoms with Gasteiger partial charge >= 0.3 is 12.0 Å². The zero-order valence-electron chi connectivity index (χ0n) is 11.0. The molecule has 8 heteroatoms. The number of carbonyl (C=O) groups excluding carboxylic acids is 3. The van der Waals surface area contributed by atoms with Crippen molar-refractivity contribution in [1.82, 2.24) is 15.1 Å². The van der Waals surface area contributed by atoms with Crippen LogP contribution in [-0.4, -0.2) is 64.9 Å². The summed E-state index contributed by atoms with van der Waals surface area (Å²) >= 11 is 0. The van der Waals surface area contributed by atoms with Crippen molar-refractivity contribution in [2.75, 3.05) is 14.1 Å². The van der Waals surface area contributed by atoms with Gasteiger partial charge in [-0.25, -0.2) is 9.59 Å². The van der Waals surface area contributed by atoms with Crippen molar-refractivity contribution in [3.63, 3.8) is 0 Å². The van der Waals surface area contributed by atoms with E-state index >= 15 is 0 Å². The van der Waals surface area contributed by atoms with Gasteiger partial charge in [0.2, 0.25) is 5.91 Å². The molecule has 1 rings (SSSR count). The number of imide groups is 1. The molecule has 0 aromatic carbocycles. The molecule has 0 aliphatic carbocycles. The minimum Gasteiger partial charge on any atom is -0.480 e. The maximum Gasteiger partial charge on any atom is 0.326 e. The molecule has 0 aromatic heterocycles. The molecule has 1 fully saturated rings. The van der Waals surface area contributed by atoms with E-state index in [-0.39, 0.29) is 18.7 Å². The number of hydrogen-bond acceptors (Lipinski definition) is 4. The second-order valence-corrected chi connectivity index (χ2v) is 4.46. The summed E-state index contributed by atoms with van der Waals surface area (Å²) in [6.07, 6.45) is 0.397. The summed E-state index contributed by atoms with van der Waals surface area (Å²) in [6.45, 7) is 1.36. The molecular weight excluding hydrogens is 254 g/mol. The van der Waals surface area contributed by atoms with Gasteiger partial charge in [-0.1, -0.05) is 0 Å². The van der Waals surface area contributed by atoms with E-state index < -0.39 is 30.0 Å². The van der Waals surface area contributed by atoms with Crippen LogP contribution in [0, 0.1) is 0 Å². The Hall–Kier alpha value is -2.12. The van der Waals surface area contributed by atoms with Crippen LogP contribution in [0.1, 0.15) is 19.8 Å². The van der Waals surface area contributed by atoms with Crippen LogP contribution < -0.4 is 5.32 Å². The molecule has 0 aromatic rings. The Morgan fingerprint density at radius 2 is 2.05 bits per heavy atom. The van der Waals surface area contributed by atoms with Gasteiger partial charge in [0.05, 0.1) is 0 Å². The van der Waals surface area contributed by atoms with E-state index in [1.807, 2.05) is 0 Å². The number of nitrogens with one attached hydrogen (secondary N) is 1. The summed E-state index contributed by atoms with van der Waals surface area (Å²) in [5.74, 6) is -1.91.